The molecule has 1 aromatic rings. The van der Waals surface area contributed by atoms with Gasteiger partial charge in [-0.1, -0.05) is 11.3 Å². The van der Waals surface area contributed by atoms with E-state index < -0.39 is 17.9 Å². The van der Waals surface area contributed by atoms with Crippen LogP contribution in [-0.4, -0.2) is 39.7 Å². The van der Waals surface area contributed by atoms with Crippen molar-refractivity contribution >= 4 is 28.3 Å². The topological polar surface area (TPSA) is 126 Å². The highest BCUT2D eigenvalue weighted by molar-refractivity contribution is 7.17. The number of rotatable bonds is 5. The monoisotopic (exact) mass is 259 g/mol. The lowest BCUT2D eigenvalue weighted by Crippen LogP contribution is -2.41. The Morgan fingerprint density at radius 3 is 2.65 bits per heavy atom. The molecule has 0 radical (unpaired) electrons. The lowest BCUT2D eigenvalue weighted by atomic mass is 10.2. The Kier molecular flexibility index (Phi) is 4.41. The Bertz CT molecular complexity index is 432. The Labute approximate surface area is 101 Å². The second-order valence-electron chi connectivity index (χ2n) is 3.34. The first kappa shape index (κ1) is 13.4. The summed E-state index contributed by atoms with van der Waals surface area (Å²) in [4.78, 5) is 26.7. The number of carboxylic acid groups (broad SMARTS) is 1. The van der Waals surface area contributed by atoms with E-state index in [4.69, 9.17) is 15.9 Å². The largest absolute Gasteiger partial charge is 0.480 e. The number of carboxylic acids is 1. The van der Waals surface area contributed by atoms with Crippen LogP contribution in [0.3, 0.4) is 0 Å². The molecule has 1 rings (SSSR count). The van der Waals surface area contributed by atoms with Gasteiger partial charge in [0.1, 0.15) is 10.9 Å². The number of aromatic nitrogens is 1. The van der Waals surface area contributed by atoms with E-state index in [0.29, 0.717) is 5.69 Å². The number of nitrogens with one attached hydrogen (secondary N) is 1. The second kappa shape index (κ2) is 5.60. The minimum Gasteiger partial charge on any atom is -0.480 e. The van der Waals surface area contributed by atoms with E-state index in [1.807, 2.05) is 0 Å². The molecule has 7 nitrogen and oxygen atoms in total. The van der Waals surface area contributed by atoms with Gasteiger partial charge in [-0.05, 0) is 6.92 Å². The summed E-state index contributed by atoms with van der Waals surface area (Å²) < 4.78 is 0. The molecule has 5 N–H and O–H groups in total. The van der Waals surface area contributed by atoms with Crippen LogP contribution in [0.25, 0.3) is 0 Å². The van der Waals surface area contributed by atoms with E-state index in [-0.39, 0.29) is 23.0 Å². The molecule has 1 atom stereocenters. The smallest absolute Gasteiger partial charge is 0.326 e. The van der Waals surface area contributed by atoms with Crippen molar-refractivity contribution in [1.29, 1.82) is 0 Å². The number of aryl methyl sites for hydroxylation is 1. The predicted octanol–water partition coefficient (Wildman–Crippen LogP) is -0.401. The lowest BCUT2D eigenvalue weighted by molar-refractivity contribution is -0.139. The number of aliphatic hydroxyl groups excluding tert-OH is 1. The molecule has 0 saturated heterocycles. The molecule has 0 spiro atoms. The third-order valence-corrected chi connectivity index (χ3v) is 3.03. The fourth-order valence-electron chi connectivity index (χ4n) is 1.24. The first-order valence-corrected chi connectivity index (χ1v) is 5.64. The van der Waals surface area contributed by atoms with Crippen LogP contribution in [0.2, 0.25) is 0 Å². The lowest BCUT2D eigenvalue weighted by Gasteiger charge is -2.12. The van der Waals surface area contributed by atoms with Crippen molar-refractivity contribution in [2.24, 2.45) is 0 Å². The third kappa shape index (κ3) is 3.40. The van der Waals surface area contributed by atoms with Crippen LogP contribution >= 0.6 is 11.3 Å². The van der Waals surface area contributed by atoms with Crippen LogP contribution in [0.5, 0.6) is 0 Å². The molecule has 94 valence electrons. The maximum Gasteiger partial charge on any atom is 0.326 e. The molecule has 0 aliphatic carbocycles. The van der Waals surface area contributed by atoms with Crippen LogP contribution < -0.4 is 11.1 Å². The number of hydrogen-bond acceptors (Lipinski definition) is 6. The fraction of sp³-hybridized carbons (Fsp3) is 0.444. The van der Waals surface area contributed by atoms with Crippen LogP contribution in [0.1, 0.15) is 21.8 Å². The molecule has 0 unspecified atom stereocenters. The zero-order valence-electron chi connectivity index (χ0n) is 9.14. The van der Waals surface area contributed by atoms with Crippen molar-refractivity contribution in [3.8, 4) is 0 Å². The summed E-state index contributed by atoms with van der Waals surface area (Å²) in [5, 5.41) is 20.1. The van der Waals surface area contributed by atoms with Crippen LogP contribution in [0.15, 0.2) is 0 Å². The van der Waals surface area contributed by atoms with E-state index in [9.17, 15) is 9.59 Å². The summed E-state index contributed by atoms with van der Waals surface area (Å²) in [6.45, 7) is 1.30. The number of nitrogen functional groups attached to an aromatic ring is 1. The van der Waals surface area contributed by atoms with Gasteiger partial charge in [0.2, 0.25) is 0 Å². The number of nitrogens with two attached hydrogens (primary N) is 1. The quantitative estimate of drug-likeness (QED) is 0.570. The number of carbonyl (C=O) groups is 2. The Hall–Kier alpha value is -1.67. The maximum atomic E-state index is 11.7. The van der Waals surface area contributed by atoms with Crippen molar-refractivity contribution in [2.45, 2.75) is 19.4 Å². The Morgan fingerprint density at radius 1 is 1.59 bits per heavy atom. The van der Waals surface area contributed by atoms with Crippen molar-refractivity contribution in [2.75, 3.05) is 12.3 Å². The van der Waals surface area contributed by atoms with Crippen LogP contribution in [-0.2, 0) is 4.79 Å². The molecule has 0 aromatic carbocycles. The summed E-state index contributed by atoms with van der Waals surface area (Å²) in [6, 6.07) is -1.12. The zero-order chi connectivity index (χ0) is 13.0. The van der Waals surface area contributed by atoms with E-state index in [1.165, 1.54) is 0 Å². The number of carbonyl (C=O) groups excluding carboxylic acids is 1. The molecule has 0 aliphatic rings. The number of hydrogen-bond donors (Lipinski definition) is 4. The Balaban J connectivity index is 2.77. The van der Waals surface area contributed by atoms with E-state index >= 15 is 0 Å². The summed E-state index contributed by atoms with van der Waals surface area (Å²) in [7, 11) is 0. The van der Waals surface area contributed by atoms with Gasteiger partial charge in [-0.15, -0.1) is 0 Å². The first-order valence-electron chi connectivity index (χ1n) is 4.83. The average Bonchev–Trinajstić information content (AvgIpc) is 2.57. The molecule has 8 heteroatoms. The van der Waals surface area contributed by atoms with Crippen LogP contribution in [0.4, 0.5) is 5.13 Å². The van der Waals surface area contributed by atoms with E-state index in [2.05, 4.69) is 10.3 Å². The van der Waals surface area contributed by atoms with Gasteiger partial charge in [-0.2, -0.15) is 0 Å². The molecule has 0 fully saturated rings. The number of aliphatic hydroxyl groups is 1. The maximum absolute atomic E-state index is 11.7. The molecule has 17 heavy (non-hydrogen) atoms. The number of thiazole rings is 1. The van der Waals surface area contributed by atoms with Crippen molar-refractivity contribution < 1.29 is 19.8 Å². The zero-order valence-corrected chi connectivity index (χ0v) is 9.95. The standard InChI is InChI=1S/C9H13N3O4S/c1-4-6(17-9(10)11-4)7(14)12-5(2-3-13)8(15)16/h5,13H,2-3H2,1H3,(H2,10,11)(H,12,14)(H,15,16)/t5-/m1/s1. The van der Waals surface area contributed by atoms with Gasteiger partial charge in [0.05, 0.1) is 5.69 Å². The summed E-state index contributed by atoms with van der Waals surface area (Å²) in [6.07, 6.45) is -0.0472. The van der Waals surface area contributed by atoms with Crippen molar-refractivity contribution in [3.05, 3.63) is 10.6 Å². The SMILES string of the molecule is Cc1nc(N)sc1C(=O)N[C@H](CCO)C(=O)O. The number of anilines is 1. The van der Waals surface area contributed by atoms with Crippen molar-refractivity contribution in [1.82, 2.24) is 10.3 Å². The first-order chi connectivity index (χ1) is 7.95. The molecule has 0 aliphatic heterocycles. The molecular formula is C9H13N3O4S. The Morgan fingerprint density at radius 2 is 2.24 bits per heavy atom. The number of nitrogens with zero attached hydrogens (tertiary/aromatic N) is 1. The van der Waals surface area contributed by atoms with Gasteiger partial charge >= 0.3 is 5.97 Å². The highest BCUT2D eigenvalue weighted by Crippen LogP contribution is 2.19. The molecule has 1 amide bonds. The van der Waals surface area contributed by atoms with Gasteiger partial charge < -0.3 is 21.3 Å². The number of amides is 1. The highest BCUT2D eigenvalue weighted by atomic mass is 32.1. The van der Waals surface area contributed by atoms with E-state index in [1.54, 1.807) is 6.92 Å². The summed E-state index contributed by atoms with van der Waals surface area (Å²) in [5.41, 5.74) is 5.89. The molecule has 1 heterocycles. The molecule has 0 saturated carbocycles. The van der Waals surface area contributed by atoms with Gasteiger partial charge in [-0.3, -0.25) is 4.79 Å². The second-order valence-corrected chi connectivity index (χ2v) is 4.37. The molecule has 1 aromatic heterocycles. The van der Waals surface area contributed by atoms with Gasteiger partial charge in [-0.25, -0.2) is 9.78 Å². The van der Waals surface area contributed by atoms with Gasteiger partial charge in [0, 0.05) is 13.0 Å². The fourth-order valence-corrected chi connectivity index (χ4v) is 1.97. The van der Waals surface area contributed by atoms with Crippen molar-refractivity contribution in [3.63, 3.8) is 0 Å². The molecular weight excluding hydrogens is 246 g/mol. The minimum atomic E-state index is -1.19. The molecule has 0 bridgehead atoms. The summed E-state index contributed by atoms with van der Waals surface area (Å²) in [5.74, 6) is -1.74. The van der Waals surface area contributed by atoms with Gasteiger partial charge in [0.25, 0.3) is 5.91 Å². The number of aliphatic carboxylic acids is 1. The van der Waals surface area contributed by atoms with E-state index in [0.717, 1.165) is 11.3 Å². The average molecular weight is 259 g/mol. The third-order valence-electron chi connectivity index (χ3n) is 2.04. The summed E-state index contributed by atoms with van der Waals surface area (Å²) >= 11 is 0.993. The van der Waals surface area contributed by atoms with Crippen LogP contribution in [0, 0.1) is 6.92 Å². The highest BCUT2D eigenvalue weighted by Gasteiger charge is 2.22. The minimum absolute atomic E-state index is 0.0472. The normalized spacial score (nSPS) is 12.1. The predicted molar refractivity (Wildman–Crippen MR) is 61.9 cm³/mol. The van der Waals surface area contributed by atoms with Gasteiger partial charge in [0.15, 0.2) is 5.13 Å².